The molecule has 2 aromatic rings. The number of rotatable bonds is 14. The standard InChI is InChI=1S/C28H35F2N5O7S/c1-19(2)17-34(43(39,40)21-11-12-24-25(15-21)42-28(29,30)41-24)18-23(36)22(14-20-8-5-4-6-9-20)35(27(38)10-7-13-31)33-26(37)16-32-3/h4-6,8-9,11-12,15,19,22-23,32,36H,7,10,14,16-18H2,1-3H3,(H,33,37)/t22-,23+/m0/s1. The first-order valence-corrected chi connectivity index (χ1v) is 15.0. The number of likely N-dealkylation sites (N-methyl/N-ethyl adjacent to an activating group) is 1. The van der Waals surface area contributed by atoms with Gasteiger partial charge < -0.3 is 19.9 Å². The van der Waals surface area contributed by atoms with Gasteiger partial charge in [0, 0.05) is 32.0 Å². The van der Waals surface area contributed by atoms with E-state index in [-0.39, 0.29) is 48.9 Å². The molecule has 0 bridgehead atoms. The number of hydrogen-bond acceptors (Lipinski definition) is 9. The van der Waals surface area contributed by atoms with Gasteiger partial charge in [-0.2, -0.15) is 9.57 Å². The number of ether oxygens (including phenoxy) is 2. The van der Waals surface area contributed by atoms with Gasteiger partial charge in [-0.15, -0.1) is 8.78 Å². The van der Waals surface area contributed by atoms with Crippen LogP contribution in [0.3, 0.4) is 0 Å². The third-order valence-electron chi connectivity index (χ3n) is 6.34. The number of hydrogen-bond donors (Lipinski definition) is 3. The summed E-state index contributed by atoms with van der Waals surface area (Å²) in [6, 6.07) is 12.6. The number of fused-ring (bicyclic) bond motifs is 1. The highest BCUT2D eigenvalue weighted by molar-refractivity contribution is 7.89. The van der Waals surface area contributed by atoms with Gasteiger partial charge in [-0.05, 0) is 37.1 Å². The number of halogens is 2. The number of nitrogens with one attached hydrogen (secondary N) is 2. The molecular formula is C28H35F2N5O7S. The lowest BCUT2D eigenvalue weighted by molar-refractivity contribution is -0.286. The quantitative estimate of drug-likeness (QED) is 0.267. The molecule has 0 saturated heterocycles. The molecule has 0 saturated carbocycles. The van der Waals surface area contributed by atoms with E-state index in [9.17, 15) is 31.9 Å². The van der Waals surface area contributed by atoms with Crippen LogP contribution in [0.4, 0.5) is 8.78 Å². The number of nitriles is 1. The van der Waals surface area contributed by atoms with Crippen LogP contribution >= 0.6 is 0 Å². The summed E-state index contributed by atoms with van der Waals surface area (Å²) >= 11 is 0. The first-order chi connectivity index (χ1) is 20.3. The number of nitrogens with zero attached hydrogens (tertiary/aromatic N) is 3. The first kappa shape index (κ1) is 33.7. The normalized spacial score (nSPS) is 15.1. The molecule has 0 radical (unpaired) electrons. The largest absolute Gasteiger partial charge is 0.586 e. The molecule has 1 heterocycles. The van der Waals surface area contributed by atoms with Crippen molar-refractivity contribution in [2.45, 2.75) is 56.4 Å². The third kappa shape index (κ3) is 9.07. The van der Waals surface area contributed by atoms with E-state index >= 15 is 0 Å². The second kappa shape index (κ2) is 14.6. The Morgan fingerprint density at radius 3 is 2.40 bits per heavy atom. The molecular weight excluding hydrogens is 588 g/mol. The summed E-state index contributed by atoms with van der Waals surface area (Å²) in [5.41, 5.74) is 3.17. The molecule has 2 atom stereocenters. The lowest BCUT2D eigenvalue weighted by Crippen LogP contribution is -2.60. The first-order valence-electron chi connectivity index (χ1n) is 13.5. The molecule has 43 heavy (non-hydrogen) atoms. The molecule has 1 aliphatic heterocycles. The van der Waals surface area contributed by atoms with Gasteiger partial charge in [0.1, 0.15) is 0 Å². The minimum Gasteiger partial charge on any atom is -0.395 e. The molecule has 2 aromatic carbocycles. The van der Waals surface area contributed by atoms with Crippen LogP contribution in [0, 0.1) is 17.2 Å². The van der Waals surface area contributed by atoms with E-state index in [0.29, 0.717) is 5.56 Å². The number of hydrazine groups is 1. The Morgan fingerprint density at radius 2 is 1.77 bits per heavy atom. The monoisotopic (exact) mass is 623 g/mol. The van der Waals surface area contributed by atoms with Crippen LogP contribution < -0.4 is 20.2 Å². The Balaban J connectivity index is 2.00. The van der Waals surface area contributed by atoms with Crippen molar-refractivity contribution in [1.29, 1.82) is 5.26 Å². The van der Waals surface area contributed by atoms with Gasteiger partial charge in [-0.25, -0.2) is 13.4 Å². The molecule has 1 aliphatic rings. The molecule has 12 nitrogen and oxygen atoms in total. The minimum atomic E-state index is -4.40. The lowest BCUT2D eigenvalue weighted by atomic mass is 9.99. The fraction of sp³-hybridized carbons (Fsp3) is 0.464. The second-order valence-corrected chi connectivity index (χ2v) is 12.2. The molecule has 234 valence electrons. The summed E-state index contributed by atoms with van der Waals surface area (Å²) in [5.74, 6) is -2.26. The Morgan fingerprint density at radius 1 is 1.09 bits per heavy atom. The number of aliphatic hydroxyl groups excluding tert-OH is 1. The highest BCUT2D eigenvalue weighted by Gasteiger charge is 2.44. The number of aliphatic hydroxyl groups is 1. The zero-order valence-corrected chi connectivity index (χ0v) is 24.8. The fourth-order valence-electron chi connectivity index (χ4n) is 4.45. The highest BCUT2D eigenvalue weighted by atomic mass is 32.2. The molecule has 0 aromatic heterocycles. The van der Waals surface area contributed by atoms with E-state index in [4.69, 9.17) is 5.26 Å². The summed E-state index contributed by atoms with van der Waals surface area (Å²) in [7, 11) is -2.87. The number of alkyl halides is 2. The Hall–Kier alpha value is -3.84. The minimum absolute atomic E-state index is 0.0226. The maximum Gasteiger partial charge on any atom is 0.586 e. The number of amides is 2. The summed E-state index contributed by atoms with van der Waals surface area (Å²) in [5, 5.41) is 24.3. The van der Waals surface area contributed by atoms with Gasteiger partial charge in [0.15, 0.2) is 11.5 Å². The predicted octanol–water partition coefficient (Wildman–Crippen LogP) is 2.01. The number of sulfonamides is 1. The van der Waals surface area contributed by atoms with Crippen molar-refractivity contribution in [3.63, 3.8) is 0 Å². The Kier molecular flexibility index (Phi) is 11.4. The zero-order valence-electron chi connectivity index (χ0n) is 24.0. The highest BCUT2D eigenvalue weighted by Crippen LogP contribution is 2.42. The van der Waals surface area contributed by atoms with E-state index in [0.717, 1.165) is 27.5 Å². The van der Waals surface area contributed by atoms with Gasteiger partial charge in [-0.1, -0.05) is 44.2 Å². The van der Waals surface area contributed by atoms with Crippen molar-refractivity contribution in [2.24, 2.45) is 5.92 Å². The predicted molar refractivity (Wildman–Crippen MR) is 150 cm³/mol. The molecule has 0 spiro atoms. The third-order valence-corrected chi connectivity index (χ3v) is 8.16. The van der Waals surface area contributed by atoms with E-state index in [1.807, 2.05) is 6.07 Å². The van der Waals surface area contributed by atoms with Gasteiger partial charge in [-0.3, -0.25) is 15.0 Å². The average molecular weight is 624 g/mol. The van der Waals surface area contributed by atoms with Crippen molar-refractivity contribution in [2.75, 3.05) is 26.7 Å². The fourth-order valence-corrected chi connectivity index (χ4v) is 6.09. The molecule has 3 N–H and O–H groups in total. The molecule has 0 fully saturated rings. The van der Waals surface area contributed by atoms with E-state index in [1.54, 1.807) is 44.2 Å². The molecule has 0 unspecified atom stereocenters. The van der Waals surface area contributed by atoms with E-state index < -0.39 is 52.6 Å². The molecule has 0 aliphatic carbocycles. The molecule has 15 heteroatoms. The van der Waals surface area contributed by atoms with E-state index in [2.05, 4.69) is 20.2 Å². The Bertz CT molecular complexity index is 1420. The number of carbonyl (C=O) groups is 2. The smallest absolute Gasteiger partial charge is 0.395 e. The Labute approximate surface area is 249 Å². The summed E-state index contributed by atoms with van der Waals surface area (Å²) in [6.45, 7) is 2.76. The number of carbonyl (C=O) groups excluding carboxylic acids is 2. The summed E-state index contributed by atoms with van der Waals surface area (Å²) in [4.78, 5) is 25.4. The van der Waals surface area contributed by atoms with Crippen LogP contribution in [-0.4, -0.2) is 79.8 Å². The summed E-state index contributed by atoms with van der Waals surface area (Å²) in [6.07, 6.45) is -5.88. The van der Waals surface area contributed by atoms with Crippen LogP contribution in [0.15, 0.2) is 53.4 Å². The van der Waals surface area contributed by atoms with Gasteiger partial charge >= 0.3 is 6.29 Å². The maximum atomic E-state index is 13.8. The second-order valence-electron chi connectivity index (χ2n) is 10.3. The van der Waals surface area contributed by atoms with Gasteiger partial charge in [0.05, 0.1) is 29.7 Å². The maximum absolute atomic E-state index is 13.8. The molecule has 3 rings (SSSR count). The van der Waals surface area contributed by atoms with Crippen LogP contribution in [0.5, 0.6) is 11.5 Å². The van der Waals surface area contributed by atoms with Crippen LogP contribution in [-0.2, 0) is 26.0 Å². The van der Waals surface area contributed by atoms with Crippen LogP contribution in [0.1, 0.15) is 32.3 Å². The molecule has 2 amide bonds. The van der Waals surface area contributed by atoms with Crippen molar-refractivity contribution in [3.8, 4) is 17.6 Å². The van der Waals surface area contributed by atoms with Crippen molar-refractivity contribution in [1.82, 2.24) is 20.1 Å². The lowest BCUT2D eigenvalue weighted by Gasteiger charge is -2.37. The van der Waals surface area contributed by atoms with Crippen LogP contribution in [0.2, 0.25) is 0 Å². The van der Waals surface area contributed by atoms with Crippen LogP contribution in [0.25, 0.3) is 0 Å². The topological polar surface area (TPSA) is 161 Å². The van der Waals surface area contributed by atoms with Crippen molar-refractivity contribution in [3.05, 3.63) is 54.1 Å². The van der Waals surface area contributed by atoms with Gasteiger partial charge in [0.2, 0.25) is 15.9 Å². The van der Waals surface area contributed by atoms with Crippen molar-refractivity contribution >= 4 is 21.8 Å². The van der Waals surface area contributed by atoms with Gasteiger partial charge in [0.25, 0.3) is 5.91 Å². The SMILES string of the molecule is CNCC(=O)NN(C(=O)CCC#N)[C@@H](Cc1ccccc1)[C@H](O)CN(CC(C)C)S(=O)(=O)c1ccc2c(c1)OC(F)(F)O2. The number of benzene rings is 2. The van der Waals surface area contributed by atoms with Crippen molar-refractivity contribution < 1.29 is 41.4 Å². The zero-order chi connectivity index (χ0) is 31.8. The average Bonchev–Trinajstić information content (AvgIpc) is 3.26. The van der Waals surface area contributed by atoms with E-state index in [1.165, 1.54) is 7.05 Å². The summed E-state index contributed by atoms with van der Waals surface area (Å²) < 4.78 is 64.5.